The summed E-state index contributed by atoms with van der Waals surface area (Å²) < 4.78 is 15.5. The Morgan fingerprint density at radius 2 is 1.50 bits per heavy atom. The topological polar surface area (TPSA) is 168 Å². The van der Waals surface area contributed by atoms with E-state index in [0.717, 1.165) is 17.7 Å². The summed E-state index contributed by atoms with van der Waals surface area (Å²) in [6.07, 6.45) is 1.59. The second-order valence-electron chi connectivity index (χ2n) is 13.2. The predicted octanol–water partition coefficient (Wildman–Crippen LogP) is 0.958. The van der Waals surface area contributed by atoms with Crippen LogP contribution in [0.5, 0.6) is 0 Å². The summed E-state index contributed by atoms with van der Waals surface area (Å²) in [4.78, 5) is 88.9. The van der Waals surface area contributed by atoms with Gasteiger partial charge in [0.05, 0.1) is 20.0 Å². The fourth-order valence-corrected chi connectivity index (χ4v) is 5.15. The van der Waals surface area contributed by atoms with Gasteiger partial charge in [0.25, 0.3) is 0 Å². The Kier molecular flexibility index (Phi) is 11.9. The van der Waals surface area contributed by atoms with Crippen LogP contribution in [0, 0.1) is 0 Å². The van der Waals surface area contributed by atoms with Gasteiger partial charge in [-0.1, -0.05) is 0 Å². The first-order valence-electron chi connectivity index (χ1n) is 15.3. The Labute approximate surface area is 269 Å². The van der Waals surface area contributed by atoms with Crippen molar-refractivity contribution in [1.82, 2.24) is 25.0 Å². The van der Waals surface area contributed by atoms with Crippen LogP contribution in [0.4, 0.5) is 10.5 Å². The molecule has 3 heterocycles. The molecule has 1 aromatic rings. The van der Waals surface area contributed by atoms with E-state index in [1.54, 1.807) is 58.8 Å². The average molecular weight is 647 g/mol. The lowest BCUT2D eigenvalue weighted by atomic mass is 10.0. The summed E-state index contributed by atoms with van der Waals surface area (Å²) in [5, 5.41) is 2.51. The van der Waals surface area contributed by atoms with Gasteiger partial charge in [-0.15, -0.1) is 0 Å². The number of nitrogens with zero attached hydrogens (tertiary/aromatic N) is 5. The minimum Gasteiger partial charge on any atom is -0.469 e. The largest absolute Gasteiger partial charge is 0.469 e. The van der Waals surface area contributed by atoms with Crippen LogP contribution in [0.25, 0.3) is 0 Å². The molecule has 1 aromatic heterocycles. The molecule has 0 saturated carbocycles. The molecule has 0 radical (unpaired) electrons. The maximum absolute atomic E-state index is 14.1. The Hall–Kier alpha value is -4.43. The first-order chi connectivity index (χ1) is 21.5. The van der Waals surface area contributed by atoms with Crippen LogP contribution in [-0.4, -0.2) is 132 Å². The predicted molar refractivity (Wildman–Crippen MR) is 165 cm³/mol. The van der Waals surface area contributed by atoms with Crippen LogP contribution in [0.2, 0.25) is 0 Å². The minimum atomic E-state index is -1.40. The molecule has 0 aliphatic carbocycles. The Morgan fingerprint density at radius 1 is 0.891 bits per heavy atom. The second kappa shape index (κ2) is 15.2. The number of aromatic nitrogens is 1. The third-order valence-corrected chi connectivity index (χ3v) is 7.22. The molecular weight excluding hydrogens is 600 g/mol. The van der Waals surface area contributed by atoms with Crippen molar-refractivity contribution in [2.24, 2.45) is 0 Å². The summed E-state index contributed by atoms with van der Waals surface area (Å²) in [5.74, 6) is -3.17. The van der Waals surface area contributed by atoms with Gasteiger partial charge in [0, 0.05) is 57.3 Å². The molecule has 2 aliphatic rings. The maximum Gasteiger partial charge on any atom is 0.408 e. The Morgan fingerprint density at radius 3 is 2.07 bits per heavy atom. The van der Waals surface area contributed by atoms with Crippen molar-refractivity contribution in [3.8, 4) is 0 Å². The van der Waals surface area contributed by atoms with E-state index < -0.39 is 66.0 Å². The number of ether oxygens (including phenoxy) is 3. The maximum atomic E-state index is 14.1. The molecule has 4 amide bonds. The SMILES string of the molecule is COC(=O)C[C@H]1C(=O)N(CC(=O)OC(C)(C)C)CCN1C(=O)[C@H](CC(=O)N1CCN(c2ccncc2)CC1)NC(=O)OC(C)(C)C. The number of amides is 4. The van der Waals surface area contributed by atoms with Crippen molar-refractivity contribution in [2.75, 3.05) is 57.8 Å². The monoisotopic (exact) mass is 646 g/mol. The summed E-state index contributed by atoms with van der Waals surface area (Å²) >= 11 is 0. The Balaban J connectivity index is 1.79. The number of methoxy groups -OCH3 is 1. The highest BCUT2D eigenvalue weighted by molar-refractivity contribution is 5.97. The normalized spacial score (nSPS) is 18.1. The number of alkyl carbamates (subject to hydrolysis) is 1. The molecule has 254 valence electrons. The first-order valence-corrected chi connectivity index (χ1v) is 15.3. The summed E-state index contributed by atoms with van der Waals surface area (Å²) in [5.41, 5.74) is -0.683. The molecule has 2 saturated heterocycles. The molecule has 1 N–H and O–H groups in total. The van der Waals surface area contributed by atoms with Crippen molar-refractivity contribution in [3.05, 3.63) is 24.5 Å². The van der Waals surface area contributed by atoms with Crippen LogP contribution in [0.1, 0.15) is 54.4 Å². The number of pyridine rings is 1. The molecule has 0 spiro atoms. The van der Waals surface area contributed by atoms with E-state index in [4.69, 9.17) is 14.2 Å². The van der Waals surface area contributed by atoms with Crippen LogP contribution >= 0.6 is 0 Å². The van der Waals surface area contributed by atoms with Gasteiger partial charge in [-0.25, -0.2) is 4.79 Å². The highest BCUT2D eigenvalue weighted by Crippen LogP contribution is 2.21. The van der Waals surface area contributed by atoms with Gasteiger partial charge in [0.15, 0.2) is 0 Å². The van der Waals surface area contributed by atoms with Crippen molar-refractivity contribution in [1.29, 1.82) is 0 Å². The highest BCUT2D eigenvalue weighted by atomic mass is 16.6. The van der Waals surface area contributed by atoms with Gasteiger partial charge in [-0.05, 0) is 53.7 Å². The molecule has 0 bridgehead atoms. The highest BCUT2D eigenvalue weighted by Gasteiger charge is 2.43. The second-order valence-corrected chi connectivity index (χ2v) is 13.2. The van der Waals surface area contributed by atoms with E-state index in [-0.39, 0.29) is 25.5 Å². The van der Waals surface area contributed by atoms with Crippen LogP contribution in [0.3, 0.4) is 0 Å². The van der Waals surface area contributed by atoms with E-state index in [0.29, 0.717) is 26.2 Å². The third-order valence-electron chi connectivity index (χ3n) is 7.22. The lowest BCUT2D eigenvalue weighted by Crippen LogP contribution is -2.63. The number of carbonyl (C=O) groups excluding carboxylic acids is 6. The number of nitrogens with one attached hydrogen (secondary N) is 1. The molecule has 0 aromatic carbocycles. The van der Waals surface area contributed by atoms with E-state index in [1.807, 2.05) is 12.1 Å². The molecule has 3 rings (SSSR count). The summed E-state index contributed by atoms with van der Waals surface area (Å²) in [7, 11) is 1.15. The molecule has 0 unspecified atom stereocenters. The van der Waals surface area contributed by atoms with Crippen molar-refractivity contribution >= 4 is 41.4 Å². The zero-order valence-corrected chi connectivity index (χ0v) is 27.7. The fraction of sp³-hybridized carbons (Fsp3) is 0.645. The quantitative estimate of drug-likeness (QED) is 0.300. The van der Waals surface area contributed by atoms with Crippen LogP contribution in [0.15, 0.2) is 24.5 Å². The summed E-state index contributed by atoms with van der Waals surface area (Å²) in [6.45, 7) is 11.5. The van der Waals surface area contributed by atoms with Gasteiger partial charge in [-0.2, -0.15) is 0 Å². The van der Waals surface area contributed by atoms with Crippen molar-refractivity contribution in [2.45, 2.75) is 77.7 Å². The molecule has 2 aliphatic heterocycles. The molecule has 15 nitrogen and oxygen atoms in total. The number of carbonyl (C=O) groups is 6. The molecule has 46 heavy (non-hydrogen) atoms. The number of hydrogen-bond donors (Lipinski definition) is 1. The standard InChI is InChI=1S/C31H46N6O9/c1-30(2,3)45-26(40)20-36-16-17-37(23(28(36)42)19-25(39)44-7)27(41)22(33-29(43)46-31(4,5)6)18-24(38)35-14-12-34(13-15-35)21-8-10-32-11-9-21/h8-11,22-23H,12-20H2,1-7H3,(H,33,43)/t22-,23-/m0/s1. The smallest absolute Gasteiger partial charge is 0.408 e. The van der Waals surface area contributed by atoms with E-state index in [9.17, 15) is 28.8 Å². The third kappa shape index (κ3) is 10.6. The molecular formula is C31H46N6O9. The molecule has 2 fully saturated rings. The molecule has 2 atom stereocenters. The number of piperazine rings is 2. The van der Waals surface area contributed by atoms with Gasteiger partial charge < -0.3 is 39.1 Å². The zero-order valence-electron chi connectivity index (χ0n) is 27.7. The Bertz CT molecular complexity index is 1270. The number of rotatable bonds is 9. The first kappa shape index (κ1) is 36.0. The van der Waals surface area contributed by atoms with Crippen molar-refractivity contribution in [3.63, 3.8) is 0 Å². The van der Waals surface area contributed by atoms with Gasteiger partial charge in [-0.3, -0.25) is 29.0 Å². The number of hydrogen-bond acceptors (Lipinski definition) is 11. The van der Waals surface area contributed by atoms with E-state index >= 15 is 0 Å². The zero-order chi connectivity index (χ0) is 34.2. The van der Waals surface area contributed by atoms with Crippen LogP contribution < -0.4 is 10.2 Å². The summed E-state index contributed by atoms with van der Waals surface area (Å²) in [6, 6.07) is 1.04. The lowest BCUT2D eigenvalue weighted by molar-refractivity contribution is -0.164. The average Bonchev–Trinajstić information content (AvgIpc) is 2.97. The van der Waals surface area contributed by atoms with Crippen LogP contribution in [-0.2, 0) is 38.2 Å². The number of anilines is 1. The number of esters is 2. The fourth-order valence-electron chi connectivity index (χ4n) is 5.15. The van der Waals surface area contributed by atoms with Gasteiger partial charge in [0.1, 0.15) is 29.8 Å². The molecule has 15 heteroatoms. The lowest BCUT2D eigenvalue weighted by Gasteiger charge is -2.41. The minimum absolute atomic E-state index is 0.0362. The van der Waals surface area contributed by atoms with E-state index in [1.165, 1.54) is 4.90 Å². The van der Waals surface area contributed by atoms with E-state index in [2.05, 4.69) is 15.2 Å². The van der Waals surface area contributed by atoms with Crippen molar-refractivity contribution < 1.29 is 43.0 Å². The van der Waals surface area contributed by atoms with Gasteiger partial charge in [0.2, 0.25) is 17.7 Å². The van der Waals surface area contributed by atoms with Gasteiger partial charge >= 0.3 is 18.0 Å².